The molecule has 0 saturated heterocycles. The van der Waals surface area contributed by atoms with E-state index >= 15 is 0 Å². The maximum absolute atomic E-state index is 4.56. The highest BCUT2D eigenvalue weighted by Gasteiger charge is 2.17. The van der Waals surface area contributed by atoms with Crippen molar-refractivity contribution < 1.29 is 0 Å². The fourth-order valence-corrected chi connectivity index (χ4v) is 4.23. The summed E-state index contributed by atoms with van der Waals surface area (Å²) in [6.45, 7) is 6.73. The zero-order valence-electron chi connectivity index (χ0n) is 20.4. The van der Waals surface area contributed by atoms with Crippen LogP contribution in [0.2, 0.25) is 0 Å². The van der Waals surface area contributed by atoms with Crippen LogP contribution in [0.4, 0.5) is 17.1 Å². The molecule has 0 unspecified atom stereocenters. The van der Waals surface area contributed by atoms with Crippen molar-refractivity contribution >= 4 is 17.1 Å². The molecule has 0 amide bonds. The third-order valence-electron chi connectivity index (χ3n) is 6.12. The molecule has 0 N–H and O–H groups in total. The number of hydrogen-bond donors (Lipinski definition) is 0. The molecule has 0 aliphatic heterocycles. The van der Waals surface area contributed by atoms with Crippen molar-refractivity contribution in [2.45, 2.75) is 26.2 Å². The highest BCUT2D eigenvalue weighted by atomic mass is 15.1. The lowest BCUT2D eigenvalue weighted by Crippen LogP contribution is -2.13. The molecule has 0 aliphatic rings. The number of benzene rings is 3. The first-order chi connectivity index (χ1) is 17.0. The molecule has 0 aliphatic carbocycles. The lowest BCUT2D eigenvalue weighted by atomic mass is 9.87. The van der Waals surface area contributed by atoms with Crippen LogP contribution in [0.15, 0.2) is 122 Å². The minimum absolute atomic E-state index is 0.0984. The Balaban J connectivity index is 1.64. The molecule has 5 rings (SSSR count). The van der Waals surface area contributed by atoms with Gasteiger partial charge in [0.2, 0.25) is 0 Å². The summed E-state index contributed by atoms with van der Waals surface area (Å²) in [6, 6.07) is 38.0. The van der Waals surface area contributed by atoms with Crippen LogP contribution >= 0.6 is 0 Å². The summed E-state index contributed by atoms with van der Waals surface area (Å²) in [5.74, 6) is 0. The van der Waals surface area contributed by atoms with Crippen LogP contribution in [0.5, 0.6) is 0 Å². The van der Waals surface area contributed by atoms with E-state index in [9.17, 15) is 0 Å². The van der Waals surface area contributed by atoms with E-state index in [4.69, 9.17) is 0 Å². The quantitative estimate of drug-likeness (QED) is 0.266. The zero-order chi connectivity index (χ0) is 24.3. The van der Waals surface area contributed by atoms with Gasteiger partial charge < -0.3 is 4.90 Å². The highest BCUT2D eigenvalue weighted by molar-refractivity contribution is 5.81. The van der Waals surface area contributed by atoms with E-state index in [1.54, 1.807) is 0 Å². The predicted molar refractivity (Wildman–Crippen MR) is 146 cm³/mol. The lowest BCUT2D eigenvalue weighted by molar-refractivity contribution is 0.590. The maximum atomic E-state index is 4.56. The van der Waals surface area contributed by atoms with Gasteiger partial charge in [0.15, 0.2) is 0 Å². The van der Waals surface area contributed by atoms with Crippen LogP contribution in [-0.4, -0.2) is 9.97 Å². The molecule has 172 valence electrons. The van der Waals surface area contributed by atoms with E-state index in [-0.39, 0.29) is 5.41 Å². The Morgan fingerprint density at radius 1 is 0.514 bits per heavy atom. The largest absolute Gasteiger partial charge is 0.310 e. The van der Waals surface area contributed by atoms with Crippen molar-refractivity contribution in [2.75, 3.05) is 4.90 Å². The van der Waals surface area contributed by atoms with Crippen molar-refractivity contribution in [3.05, 3.63) is 127 Å². The van der Waals surface area contributed by atoms with E-state index in [0.717, 1.165) is 39.6 Å². The number of hydrogen-bond acceptors (Lipinski definition) is 3. The molecule has 0 spiro atoms. The second kappa shape index (κ2) is 9.55. The Morgan fingerprint density at radius 2 is 1.03 bits per heavy atom. The van der Waals surface area contributed by atoms with Gasteiger partial charge in [-0.05, 0) is 71.6 Å². The van der Waals surface area contributed by atoms with Gasteiger partial charge in [-0.25, -0.2) is 0 Å². The molecule has 5 aromatic rings. The SMILES string of the molecule is CC(C)(C)c1ccc(N(c2cccc(-c3ccccn3)c2)c2cccc(-c3ccccn3)c2)cc1. The summed E-state index contributed by atoms with van der Waals surface area (Å²) in [7, 11) is 0. The third-order valence-corrected chi connectivity index (χ3v) is 6.12. The van der Waals surface area contributed by atoms with Crippen LogP contribution < -0.4 is 4.90 Å². The van der Waals surface area contributed by atoms with Crippen molar-refractivity contribution in [3.8, 4) is 22.5 Å². The van der Waals surface area contributed by atoms with E-state index in [1.165, 1.54) is 5.56 Å². The Kier molecular flexibility index (Phi) is 6.15. The average Bonchev–Trinajstić information content (AvgIpc) is 2.90. The molecular weight excluding hydrogens is 426 g/mol. The molecule has 2 aromatic heterocycles. The van der Waals surface area contributed by atoms with Crippen LogP contribution in [0, 0.1) is 0 Å². The molecule has 3 nitrogen and oxygen atoms in total. The van der Waals surface area contributed by atoms with Gasteiger partial charge in [-0.3, -0.25) is 9.97 Å². The number of aromatic nitrogens is 2. The Hall–Kier alpha value is -4.24. The normalized spacial score (nSPS) is 11.3. The Morgan fingerprint density at radius 3 is 1.46 bits per heavy atom. The number of pyridine rings is 2. The maximum Gasteiger partial charge on any atom is 0.0702 e. The Labute approximate surface area is 207 Å². The van der Waals surface area contributed by atoms with E-state index in [1.807, 2.05) is 48.8 Å². The number of anilines is 3. The first kappa shape index (κ1) is 22.5. The smallest absolute Gasteiger partial charge is 0.0702 e. The molecule has 0 bridgehead atoms. The van der Waals surface area contributed by atoms with Crippen LogP contribution in [-0.2, 0) is 5.41 Å². The minimum Gasteiger partial charge on any atom is -0.310 e. The molecule has 0 fully saturated rings. The van der Waals surface area contributed by atoms with Crippen LogP contribution in [0.3, 0.4) is 0 Å². The first-order valence-corrected chi connectivity index (χ1v) is 11.9. The minimum atomic E-state index is 0.0984. The van der Waals surface area contributed by atoms with E-state index in [0.29, 0.717) is 0 Å². The van der Waals surface area contributed by atoms with E-state index < -0.39 is 0 Å². The predicted octanol–water partition coefficient (Wildman–Crippen LogP) is 8.58. The standard InChI is InChI=1S/C32H29N3/c1-32(2,3)26-16-18-27(19-17-26)35(28-12-8-10-24(22-28)30-14-4-6-20-33-30)29-13-9-11-25(23-29)31-15-5-7-21-34-31/h4-23H,1-3H3. The van der Waals surface area contributed by atoms with Gasteiger partial charge in [0.05, 0.1) is 11.4 Å². The molecule has 3 heteroatoms. The highest BCUT2D eigenvalue weighted by Crippen LogP contribution is 2.38. The van der Waals surface area contributed by atoms with Gasteiger partial charge in [0.1, 0.15) is 0 Å². The summed E-state index contributed by atoms with van der Waals surface area (Å²) in [4.78, 5) is 11.4. The molecular formula is C32H29N3. The van der Waals surface area contributed by atoms with Crippen LogP contribution in [0.1, 0.15) is 26.3 Å². The monoisotopic (exact) mass is 455 g/mol. The Bertz CT molecular complexity index is 1320. The van der Waals surface area contributed by atoms with E-state index in [2.05, 4.69) is 108 Å². The summed E-state index contributed by atoms with van der Waals surface area (Å²) >= 11 is 0. The van der Waals surface area contributed by atoms with Crippen molar-refractivity contribution in [1.29, 1.82) is 0 Å². The second-order valence-electron chi connectivity index (χ2n) is 9.66. The van der Waals surface area contributed by atoms with Gasteiger partial charge in [-0.2, -0.15) is 0 Å². The van der Waals surface area contributed by atoms with Gasteiger partial charge >= 0.3 is 0 Å². The fraction of sp³-hybridized carbons (Fsp3) is 0.125. The molecule has 3 aromatic carbocycles. The average molecular weight is 456 g/mol. The first-order valence-electron chi connectivity index (χ1n) is 11.9. The topological polar surface area (TPSA) is 29.0 Å². The van der Waals surface area contributed by atoms with Gasteiger partial charge in [0.25, 0.3) is 0 Å². The van der Waals surface area contributed by atoms with Crippen molar-refractivity contribution in [1.82, 2.24) is 9.97 Å². The third kappa shape index (κ3) is 4.99. The van der Waals surface area contributed by atoms with Crippen molar-refractivity contribution in [3.63, 3.8) is 0 Å². The lowest BCUT2D eigenvalue weighted by Gasteiger charge is -2.27. The summed E-state index contributed by atoms with van der Waals surface area (Å²) in [5, 5.41) is 0. The van der Waals surface area contributed by atoms with Gasteiger partial charge in [-0.1, -0.05) is 69.3 Å². The summed E-state index contributed by atoms with van der Waals surface area (Å²) in [5.41, 5.74) is 8.76. The molecule has 35 heavy (non-hydrogen) atoms. The summed E-state index contributed by atoms with van der Waals surface area (Å²) in [6.07, 6.45) is 3.67. The van der Waals surface area contributed by atoms with Crippen molar-refractivity contribution in [2.24, 2.45) is 0 Å². The molecule has 0 radical (unpaired) electrons. The molecule has 2 heterocycles. The number of rotatable bonds is 5. The number of nitrogens with zero attached hydrogens (tertiary/aromatic N) is 3. The summed E-state index contributed by atoms with van der Waals surface area (Å²) < 4.78 is 0. The fourth-order valence-electron chi connectivity index (χ4n) is 4.23. The van der Waals surface area contributed by atoms with Gasteiger partial charge in [0, 0.05) is 40.6 Å². The molecule has 0 saturated carbocycles. The second-order valence-corrected chi connectivity index (χ2v) is 9.66. The zero-order valence-corrected chi connectivity index (χ0v) is 20.4. The molecule has 0 atom stereocenters. The van der Waals surface area contributed by atoms with Crippen LogP contribution in [0.25, 0.3) is 22.5 Å². The van der Waals surface area contributed by atoms with Gasteiger partial charge in [-0.15, -0.1) is 0 Å².